The summed E-state index contributed by atoms with van der Waals surface area (Å²) in [5.74, 6) is 0.717. The maximum atomic E-state index is 10.3. The van der Waals surface area contributed by atoms with Crippen LogP contribution in [0, 0.1) is 11.3 Å². The molecular weight excluding hydrogens is 260 g/mol. The Labute approximate surface area is 130 Å². The number of aliphatic hydroxyl groups is 1. The van der Waals surface area contributed by atoms with E-state index in [1.54, 1.807) is 0 Å². The third-order valence-electron chi connectivity index (χ3n) is 4.41. The topological polar surface area (TPSA) is 29.5 Å². The molecule has 0 aliphatic rings. The fourth-order valence-corrected chi connectivity index (χ4v) is 2.43. The lowest BCUT2D eigenvalue weighted by Crippen LogP contribution is -2.33. The lowest BCUT2D eigenvalue weighted by atomic mass is 9.81. The first-order valence-corrected chi connectivity index (χ1v) is 8.25. The van der Waals surface area contributed by atoms with Gasteiger partial charge in [-0.25, -0.2) is 0 Å². The van der Waals surface area contributed by atoms with Gasteiger partial charge in [0.2, 0.25) is 0 Å². The lowest BCUT2D eigenvalue weighted by molar-refractivity contribution is -0.173. The summed E-state index contributed by atoms with van der Waals surface area (Å²) < 4.78 is 6.03. The Kier molecular flexibility index (Phi) is 7.41. The summed E-state index contributed by atoms with van der Waals surface area (Å²) in [5.41, 5.74) is 0.908. The van der Waals surface area contributed by atoms with Crippen LogP contribution >= 0.6 is 0 Å². The molecule has 0 aliphatic heterocycles. The van der Waals surface area contributed by atoms with Crippen molar-refractivity contribution < 1.29 is 9.84 Å². The van der Waals surface area contributed by atoms with E-state index in [9.17, 15) is 5.11 Å². The van der Waals surface area contributed by atoms with Gasteiger partial charge in [0.15, 0.2) is 6.29 Å². The quantitative estimate of drug-likeness (QED) is 0.624. The van der Waals surface area contributed by atoms with Crippen molar-refractivity contribution in [2.24, 2.45) is 11.3 Å². The second-order valence-electron chi connectivity index (χ2n) is 7.05. The number of benzene rings is 1. The summed E-state index contributed by atoms with van der Waals surface area (Å²) >= 11 is 0. The molecule has 0 amide bonds. The maximum absolute atomic E-state index is 10.3. The largest absolute Gasteiger partial charge is 0.364 e. The van der Waals surface area contributed by atoms with Crippen LogP contribution in [-0.4, -0.2) is 11.2 Å². The summed E-state index contributed by atoms with van der Waals surface area (Å²) in [7, 11) is 0. The molecule has 0 aromatic heterocycles. The van der Waals surface area contributed by atoms with Gasteiger partial charge in [-0.1, -0.05) is 77.8 Å². The Morgan fingerprint density at radius 2 is 1.71 bits per heavy atom. The molecule has 1 N–H and O–H groups in total. The summed E-state index contributed by atoms with van der Waals surface area (Å²) in [6, 6.07) is 9.64. The average Bonchev–Trinajstić information content (AvgIpc) is 2.46. The van der Waals surface area contributed by atoms with Gasteiger partial charge in [-0.2, -0.15) is 0 Å². The van der Waals surface area contributed by atoms with E-state index in [2.05, 4.69) is 34.6 Å². The SMILES string of the molecule is CCC(C)(C)C(CCCC(C)C)OC(O)c1ccccc1. The van der Waals surface area contributed by atoms with Gasteiger partial charge < -0.3 is 9.84 Å². The van der Waals surface area contributed by atoms with Crippen molar-refractivity contribution in [3.05, 3.63) is 35.9 Å². The third kappa shape index (κ3) is 6.19. The van der Waals surface area contributed by atoms with Crippen LogP contribution in [0.1, 0.15) is 72.2 Å². The minimum absolute atomic E-state index is 0.0761. The van der Waals surface area contributed by atoms with Crippen LogP contribution in [0.5, 0.6) is 0 Å². The molecular formula is C19H32O2. The first-order chi connectivity index (χ1) is 9.86. The van der Waals surface area contributed by atoms with Crippen LogP contribution in [0.2, 0.25) is 0 Å². The molecule has 2 unspecified atom stereocenters. The number of hydrogen-bond acceptors (Lipinski definition) is 2. The molecule has 1 aromatic carbocycles. The van der Waals surface area contributed by atoms with Crippen molar-refractivity contribution >= 4 is 0 Å². The Balaban J connectivity index is 2.68. The van der Waals surface area contributed by atoms with Gasteiger partial charge in [-0.15, -0.1) is 0 Å². The highest BCUT2D eigenvalue weighted by molar-refractivity contribution is 5.15. The van der Waals surface area contributed by atoms with Crippen LogP contribution < -0.4 is 0 Å². The second-order valence-corrected chi connectivity index (χ2v) is 7.05. The monoisotopic (exact) mass is 292 g/mol. The Hall–Kier alpha value is -0.860. The molecule has 0 heterocycles. The first-order valence-electron chi connectivity index (χ1n) is 8.25. The maximum Gasteiger partial charge on any atom is 0.181 e. The molecule has 2 atom stereocenters. The highest BCUT2D eigenvalue weighted by atomic mass is 16.6. The van der Waals surface area contributed by atoms with Gasteiger partial charge in [0.05, 0.1) is 6.10 Å². The summed E-state index contributed by atoms with van der Waals surface area (Å²) in [6.07, 6.45) is 3.65. The molecule has 0 radical (unpaired) electrons. The van der Waals surface area contributed by atoms with Crippen molar-refractivity contribution in [1.29, 1.82) is 0 Å². The normalized spacial score (nSPS) is 15.2. The highest BCUT2D eigenvalue weighted by Crippen LogP contribution is 2.34. The first kappa shape index (κ1) is 18.2. The van der Waals surface area contributed by atoms with E-state index >= 15 is 0 Å². The molecule has 0 saturated carbocycles. The van der Waals surface area contributed by atoms with Crippen LogP contribution in [-0.2, 0) is 4.74 Å². The van der Waals surface area contributed by atoms with E-state index in [1.807, 2.05) is 30.3 Å². The fraction of sp³-hybridized carbons (Fsp3) is 0.684. The van der Waals surface area contributed by atoms with Crippen molar-refractivity contribution in [3.63, 3.8) is 0 Å². The predicted octanol–water partition coefficient (Wildman–Crippen LogP) is 5.33. The van der Waals surface area contributed by atoms with Crippen molar-refractivity contribution in [1.82, 2.24) is 0 Å². The number of hydrogen-bond donors (Lipinski definition) is 1. The molecule has 2 nitrogen and oxygen atoms in total. The molecule has 1 aromatic rings. The van der Waals surface area contributed by atoms with E-state index in [0.29, 0.717) is 0 Å². The van der Waals surface area contributed by atoms with Crippen molar-refractivity contribution in [3.8, 4) is 0 Å². The molecule has 1 rings (SSSR count). The number of ether oxygens (including phenoxy) is 1. The van der Waals surface area contributed by atoms with Gasteiger partial charge in [0.25, 0.3) is 0 Å². The minimum Gasteiger partial charge on any atom is -0.364 e. The Morgan fingerprint density at radius 3 is 2.24 bits per heavy atom. The summed E-state index contributed by atoms with van der Waals surface area (Å²) in [4.78, 5) is 0. The smallest absolute Gasteiger partial charge is 0.181 e. The van der Waals surface area contributed by atoms with Gasteiger partial charge in [-0.05, 0) is 24.2 Å². The summed E-state index contributed by atoms with van der Waals surface area (Å²) in [5, 5.41) is 10.3. The molecule has 120 valence electrons. The highest BCUT2D eigenvalue weighted by Gasteiger charge is 2.30. The zero-order valence-corrected chi connectivity index (χ0v) is 14.3. The van der Waals surface area contributed by atoms with Crippen molar-refractivity contribution in [2.75, 3.05) is 0 Å². The molecule has 0 spiro atoms. The van der Waals surface area contributed by atoms with Gasteiger partial charge in [-0.3, -0.25) is 0 Å². The standard InChI is InChI=1S/C19H32O2/c1-6-19(4,5)17(14-10-11-15(2)3)21-18(20)16-12-8-7-9-13-16/h7-9,12-13,15,17-18,20H,6,10-11,14H2,1-5H3. The van der Waals surface area contributed by atoms with Crippen LogP contribution in [0.25, 0.3) is 0 Å². The predicted molar refractivity (Wildman–Crippen MR) is 89.0 cm³/mol. The fourth-order valence-electron chi connectivity index (χ4n) is 2.43. The molecule has 2 heteroatoms. The molecule has 0 fully saturated rings. The average molecular weight is 292 g/mol. The van der Waals surface area contributed by atoms with Crippen molar-refractivity contribution in [2.45, 2.75) is 72.7 Å². The third-order valence-corrected chi connectivity index (χ3v) is 4.41. The van der Waals surface area contributed by atoms with Gasteiger partial charge in [0, 0.05) is 5.56 Å². The number of aliphatic hydroxyl groups excluding tert-OH is 1. The molecule has 0 saturated heterocycles. The van der Waals surface area contributed by atoms with Crippen LogP contribution in [0.3, 0.4) is 0 Å². The van der Waals surface area contributed by atoms with Gasteiger partial charge >= 0.3 is 0 Å². The van der Waals surface area contributed by atoms with E-state index in [-0.39, 0.29) is 11.5 Å². The van der Waals surface area contributed by atoms with Crippen LogP contribution in [0.15, 0.2) is 30.3 Å². The second kappa shape index (κ2) is 8.55. The van der Waals surface area contributed by atoms with Crippen LogP contribution in [0.4, 0.5) is 0 Å². The Morgan fingerprint density at radius 1 is 1.10 bits per heavy atom. The zero-order chi connectivity index (χ0) is 15.9. The van der Waals surface area contributed by atoms with Gasteiger partial charge in [0.1, 0.15) is 0 Å². The molecule has 0 bridgehead atoms. The Bertz CT molecular complexity index is 384. The van der Waals surface area contributed by atoms with E-state index < -0.39 is 6.29 Å². The summed E-state index contributed by atoms with van der Waals surface area (Å²) in [6.45, 7) is 11.1. The van der Waals surface area contributed by atoms with E-state index in [4.69, 9.17) is 4.74 Å². The minimum atomic E-state index is -0.832. The van der Waals surface area contributed by atoms with E-state index in [0.717, 1.165) is 30.7 Å². The molecule has 0 aliphatic carbocycles. The number of rotatable bonds is 9. The lowest BCUT2D eigenvalue weighted by Gasteiger charge is -2.35. The van der Waals surface area contributed by atoms with E-state index in [1.165, 1.54) is 6.42 Å². The molecule has 21 heavy (non-hydrogen) atoms. The zero-order valence-electron chi connectivity index (χ0n) is 14.3.